The summed E-state index contributed by atoms with van der Waals surface area (Å²) < 4.78 is 34.3. The Kier molecular flexibility index (Phi) is 6.34. The van der Waals surface area contributed by atoms with Gasteiger partial charge in [-0.05, 0) is 61.4 Å². The highest BCUT2D eigenvalue weighted by molar-refractivity contribution is 7.89. The predicted molar refractivity (Wildman–Crippen MR) is 117 cm³/mol. The summed E-state index contributed by atoms with van der Waals surface area (Å²) in [7, 11) is -3.48. The molecular weight excluding hydrogens is 416 g/mol. The Hall–Kier alpha value is -3.17. The molecule has 0 saturated carbocycles. The third-order valence-corrected chi connectivity index (χ3v) is 7.01. The number of sulfonamides is 1. The summed E-state index contributed by atoms with van der Waals surface area (Å²) in [4.78, 5) is 16.4. The molecule has 8 nitrogen and oxygen atoms in total. The van der Waals surface area contributed by atoms with Gasteiger partial charge in [0.15, 0.2) is 6.61 Å². The highest BCUT2D eigenvalue weighted by Crippen LogP contribution is 2.22. The van der Waals surface area contributed by atoms with Crippen LogP contribution in [0, 0.1) is 0 Å². The number of amides is 1. The number of nitrogens with one attached hydrogen (secondary N) is 1. The van der Waals surface area contributed by atoms with Gasteiger partial charge in [0.2, 0.25) is 10.0 Å². The minimum atomic E-state index is -3.48. The number of hydrogen-bond donors (Lipinski definition) is 1. The second kappa shape index (κ2) is 9.32. The molecule has 0 unspecified atom stereocenters. The van der Waals surface area contributed by atoms with E-state index in [0.717, 1.165) is 24.9 Å². The van der Waals surface area contributed by atoms with Gasteiger partial charge in [0.25, 0.3) is 5.91 Å². The highest BCUT2D eigenvalue weighted by atomic mass is 32.2. The van der Waals surface area contributed by atoms with E-state index in [9.17, 15) is 13.2 Å². The van der Waals surface area contributed by atoms with Crippen molar-refractivity contribution >= 4 is 21.6 Å². The topological polar surface area (TPSA) is 93.5 Å². The average Bonchev–Trinajstić information content (AvgIpc) is 3.34. The second-order valence-electron chi connectivity index (χ2n) is 7.29. The normalized spacial score (nSPS) is 14.8. The number of anilines is 1. The highest BCUT2D eigenvalue weighted by Gasteiger charge is 2.25. The van der Waals surface area contributed by atoms with Gasteiger partial charge in [0.05, 0.1) is 11.2 Å². The van der Waals surface area contributed by atoms with Gasteiger partial charge in [-0.3, -0.25) is 4.79 Å². The van der Waals surface area contributed by atoms with Gasteiger partial charge in [-0.2, -0.15) is 4.31 Å². The van der Waals surface area contributed by atoms with Crippen LogP contribution >= 0.6 is 0 Å². The van der Waals surface area contributed by atoms with Crippen molar-refractivity contribution in [3.8, 4) is 11.4 Å². The molecule has 0 atom stereocenters. The number of carbonyl (C=O) groups excluding carboxylic acids is 1. The zero-order valence-corrected chi connectivity index (χ0v) is 17.8. The number of carbonyl (C=O) groups is 1. The molecule has 1 aliphatic rings. The Balaban J connectivity index is 1.30. The van der Waals surface area contributed by atoms with Crippen molar-refractivity contribution in [2.45, 2.75) is 24.2 Å². The summed E-state index contributed by atoms with van der Waals surface area (Å²) in [5.41, 5.74) is 1.45. The van der Waals surface area contributed by atoms with Crippen LogP contribution in [0.4, 0.5) is 5.69 Å². The van der Waals surface area contributed by atoms with E-state index in [2.05, 4.69) is 10.3 Å². The summed E-state index contributed by atoms with van der Waals surface area (Å²) in [6.07, 6.45) is 8.08. The molecule has 0 radical (unpaired) electrons. The molecule has 162 valence electrons. The molecule has 0 aliphatic carbocycles. The molecule has 0 spiro atoms. The molecule has 1 amide bonds. The van der Waals surface area contributed by atoms with E-state index in [1.165, 1.54) is 16.4 Å². The van der Waals surface area contributed by atoms with Crippen molar-refractivity contribution in [3.05, 3.63) is 67.3 Å². The van der Waals surface area contributed by atoms with Crippen molar-refractivity contribution in [1.29, 1.82) is 0 Å². The number of hydrogen-bond acceptors (Lipinski definition) is 5. The molecule has 0 bridgehead atoms. The van der Waals surface area contributed by atoms with Crippen LogP contribution < -0.4 is 10.1 Å². The lowest BCUT2D eigenvalue weighted by atomic mass is 10.2. The van der Waals surface area contributed by atoms with E-state index in [-0.39, 0.29) is 17.4 Å². The number of piperidine rings is 1. The Labute approximate surface area is 181 Å². The molecule has 1 aliphatic heterocycles. The quantitative estimate of drug-likeness (QED) is 0.609. The standard InChI is InChI=1S/C22H24N4O4S/c27-22(16-30-20-8-6-19(7-9-20)25-15-12-23-17-25)24-18-4-10-21(11-5-18)31(28,29)26-13-2-1-3-14-26/h4-12,15,17H,1-3,13-14,16H2,(H,24,27). The molecule has 2 heterocycles. The first-order valence-electron chi connectivity index (χ1n) is 10.1. The number of nitrogens with zero attached hydrogens (tertiary/aromatic N) is 3. The molecule has 2 aromatic carbocycles. The largest absolute Gasteiger partial charge is 0.484 e. The Morgan fingerprint density at radius 3 is 2.35 bits per heavy atom. The first-order valence-corrected chi connectivity index (χ1v) is 11.6. The molecule has 4 rings (SSSR count). The van der Waals surface area contributed by atoms with Crippen molar-refractivity contribution in [3.63, 3.8) is 0 Å². The van der Waals surface area contributed by atoms with Crippen LogP contribution in [0.15, 0.2) is 72.1 Å². The zero-order valence-electron chi connectivity index (χ0n) is 17.0. The Morgan fingerprint density at radius 2 is 1.71 bits per heavy atom. The maximum atomic E-state index is 12.7. The van der Waals surface area contributed by atoms with Crippen LogP contribution in [0.5, 0.6) is 5.75 Å². The maximum absolute atomic E-state index is 12.7. The van der Waals surface area contributed by atoms with Crippen molar-refractivity contribution in [1.82, 2.24) is 13.9 Å². The Morgan fingerprint density at radius 1 is 1.00 bits per heavy atom. The van der Waals surface area contributed by atoms with E-state index >= 15 is 0 Å². The van der Waals surface area contributed by atoms with E-state index in [1.54, 1.807) is 36.8 Å². The fourth-order valence-corrected chi connectivity index (χ4v) is 4.95. The molecule has 1 aromatic heterocycles. The fraction of sp³-hybridized carbons (Fsp3) is 0.273. The van der Waals surface area contributed by atoms with Gasteiger partial charge in [0.1, 0.15) is 5.75 Å². The van der Waals surface area contributed by atoms with Crippen LogP contribution in [0.1, 0.15) is 19.3 Å². The monoisotopic (exact) mass is 440 g/mol. The van der Waals surface area contributed by atoms with Crippen LogP contribution in [-0.4, -0.2) is 47.9 Å². The molecule has 1 N–H and O–H groups in total. The number of imidazole rings is 1. The first-order chi connectivity index (χ1) is 15.0. The van der Waals surface area contributed by atoms with Crippen LogP contribution in [0.2, 0.25) is 0 Å². The summed E-state index contributed by atoms with van der Waals surface area (Å²) in [6.45, 7) is 0.959. The summed E-state index contributed by atoms with van der Waals surface area (Å²) >= 11 is 0. The van der Waals surface area contributed by atoms with Crippen LogP contribution in [0.25, 0.3) is 5.69 Å². The summed E-state index contributed by atoms with van der Waals surface area (Å²) in [5.74, 6) is 0.243. The van der Waals surface area contributed by atoms with Crippen molar-refractivity contribution in [2.75, 3.05) is 25.0 Å². The molecular formula is C22H24N4O4S. The molecule has 3 aromatic rings. The van der Waals surface area contributed by atoms with Crippen LogP contribution in [0.3, 0.4) is 0 Å². The molecule has 1 fully saturated rings. The van der Waals surface area contributed by atoms with Gasteiger partial charge in [-0.1, -0.05) is 6.42 Å². The minimum absolute atomic E-state index is 0.155. The lowest BCUT2D eigenvalue weighted by molar-refractivity contribution is -0.118. The average molecular weight is 441 g/mol. The van der Waals surface area contributed by atoms with Gasteiger partial charge in [-0.25, -0.2) is 13.4 Å². The summed E-state index contributed by atoms with van der Waals surface area (Å²) in [6, 6.07) is 13.5. The van der Waals surface area contributed by atoms with Gasteiger partial charge >= 0.3 is 0 Å². The molecule has 9 heteroatoms. The van der Waals surface area contributed by atoms with Gasteiger partial charge in [-0.15, -0.1) is 0 Å². The number of aromatic nitrogens is 2. The SMILES string of the molecule is O=C(COc1ccc(-n2ccnc2)cc1)Nc1ccc(S(=O)(=O)N2CCCCC2)cc1. The first kappa shape index (κ1) is 21.1. The molecule has 1 saturated heterocycles. The van der Waals surface area contributed by atoms with Crippen molar-refractivity contribution < 1.29 is 17.9 Å². The van der Waals surface area contributed by atoms with Crippen molar-refractivity contribution in [2.24, 2.45) is 0 Å². The third-order valence-electron chi connectivity index (χ3n) is 5.10. The van der Waals surface area contributed by atoms with Gasteiger partial charge in [0, 0.05) is 36.9 Å². The number of ether oxygens (including phenoxy) is 1. The van der Waals surface area contributed by atoms with Crippen LogP contribution in [-0.2, 0) is 14.8 Å². The number of benzene rings is 2. The predicted octanol–water partition coefficient (Wildman–Crippen LogP) is 3.06. The summed E-state index contributed by atoms with van der Waals surface area (Å²) in [5, 5.41) is 2.72. The second-order valence-corrected chi connectivity index (χ2v) is 9.23. The molecule has 31 heavy (non-hydrogen) atoms. The van der Waals surface area contributed by atoms with E-state index in [0.29, 0.717) is 24.5 Å². The lowest BCUT2D eigenvalue weighted by Crippen LogP contribution is -2.35. The van der Waals surface area contributed by atoms with Gasteiger partial charge < -0.3 is 14.6 Å². The number of rotatable bonds is 7. The smallest absolute Gasteiger partial charge is 0.262 e. The minimum Gasteiger partial charge on any atom is -0.484 e. The maximum Gasteiger partial charge on any atom is 0.262 e. The Bertz CT molecular complexity index is 1110. The van der Waals surface area contributed by atoms with E-state index < -0.39 is 10.0 Å². The third kappa shape index (κ3) is 5.12. The fourth-order valence-electron chi connectivity index (χ4n) is 3.44. The lowest BCUT2D eigenvalue weighted by Gasteiger charge is -2.25. The zero-order chi connectivity index (χ0) is 21.7. The van der Waals surface area contributed by atoms with E-state index in [4.69, 9.17) is 4.74 Å². The van der Waals surface area contributed by atoms with E-state index in [1.807, 2.05) is 22.9 Å².